The van der Waals surface area contributed by atoms with Crippen LogP contribution in [0.5, 0.6) is 0 Å². The Morgan fingerprint density at radius 3 is 2.11 bits per heavy atom. The van der Waals surface area contributed by atoms with E-state index in [0.29, 0.717) is 5.56 Å². The molecule has 2 heteroatoms. The smallest absolute Gasteiger partial charge is 0.0648 e. The highest BCUT2D eigenvalue weighted by Gasteiger charge is 2.35. The lowest BCUT2D eigenvalue weighted by Gasteiger charge is -2.22. The van der Waals surface area contributed by atoms with E-state index < -0.39 is 77.9 Å². The van der Waals surface area contributed by atoms with E-state index in [1.165, 1.54) is 0 Å². The average molecular weight is 615 g/mol. The van der Waals surface area contributed by atoms with Gasteiger partial charge in [-0.1, -0.05) is 111 Å². The van der Waals surface area contributed by atoms with Gasteiger partial charge in [0.1, 0.15) is 0 Å². The summed E-state index contributed by atoms with van der Waals surface area (Å²) < 4.78 is 131. The first-order valence-corrected chi connectivity index (χ1v) is 15.3. The maximum Gasteiger partial charge on any atom is 0.0648 e. The zero-order valence-corrected chi connectivity index (χ0v) is 25.3. The SMILES string of the molecule is [2H]c1c([2H])c([2H])c2c(c1[2H])-c1c([2H])c([2H])c(-n3c4c([2H])c([2H])c([2H])c([2H])c4c4c([2H])c(-c5ccc6c(c5)c5ccccc5n6-c5ccccc5)c([2H])c([2H])c43)c([2H])c1C2(C)C. The number of nitrogens with zero attached hydrogens (tertiary/aromatic N) is 2. The Balaban J connectivity index is 1.33. The van der Waals surface area contributed by atoms with Crippen molar-refractivity contribution in [2.75, 3.05) is 0 Å². The molecule has 0 aliphatic heterocycles. The van der Waals surface area contributed by atoms with E-state index in [4.69, 9.17) is 9.60 Å². The first-order valence-electron chi connectivity index (χ1n) is 22.3. The average Bonchev–Trinajstić information content (AvgIpc) is 3.86. The van der Waals surface area contributed by atoms with Gasteiger partial charge in [-0.3, -0.25) is 0 Å². The van der Waals surface area contributed by atoms with Crippen LogP contribution in [0.2, 0.25) is 0 Å². The Bertz CT molecular complexity index is 3490. The van der Waals surface area contributed by atoms with E-state index in [0.717, 1.165) is 32.1 Å². The third kappa shape index (κ3) is 3.67. The predicted octanol–water partition coefficient (Wildman–Crippen LogP) is 11.9. The molecular formula is C45H32N2. The Hall–Kier alpha value is -5.86. The molecule has 9 aromatic rings. The molecule has 10 rings (SSSR count). The molecule has 0 fully saturated rings. The molecule has 0 radical (unpaired) electrons. The highest BCUT2D eigenvalue weighted by Crippen LogP contribution is 2.49. The minimum absolute atomic E-state index is 0.00487. The molecule has 1 aliphatic carbocycles. The van der Waals surface area contributed by atoms with Crippen LogP contribution >= 0.6 is 0 Å². The number of hydrogen-bond acceptors (Lipinski definition) is 0. The number of benzene rings is 7. The van der Waals surface area contributed by atoms with Crippen molar-refractivity contribution in [2.24, 2.45) is 0 Å². The third-order valence-electron chi connectivity index (χ3n) is 9.34. The lowest BCUT2D eigenvalue weighted by molar-refractivity contribution is 0.660. The van der Waals surface area contributed by atoms with E-state index in [1.54, 1.807) is 19.9 Å². The molecule has 0 saturated heterocycles. The van der Waals surface area contributed by atoms with Crippen molar-refractivity contribution >= 4 is 43.6 Å². The van der Waals surface area contributed by atoms with Crippen LogP contribution in [0, 0.1) is 0 Å². The summed E-state index contributed by atoms with van der Waals surface area (Å²) in [5.74, 6) is 0. The molecule has 2 heterocycles. The number of hydrogen-bond donors (Lipinski definition) is 0. The highest BCUT2D eigenvalue weighted by molar-refractivity contribution is 6.12. The van der Waals surface area contributed by atoms with Gasteiger partial charge in [0, 0.05) is 38.3 Å². The second kappa shape index (κ2) is 9.57. The molecule has 0 unspecified atom stereocenters. The van der Waals surface area contributed by atoms with Crippen molar-refractivity contribution in [1.29, 1.82) is 0 Å². The molecule has 222 valence electrons. The van der Waals surface area contributed by atoms with Crippen molar-refractivity contribution in [3.63, 3.8) is 0 Å². The van der Waals surface area contributed by atoms with Crippen molar-refractivity contribution < 1.29 is 19.2 Å². The van der Waals surface area contributed by atoms with E-state index in [1.807, 2.05) is 66.7 Å². The molecule has 7 aromatic carbocycles. The number of aromatic nitrogens is 2. The summed E-state index contributed by atoms with van der Waals surface area (Å²) in [6.45, 7) is 3.31. The van der Waals surface area contributed by atoms with E-state index >= 15 is 0 Å². The molecule has 0 atom stereocenters. The van der Waals surface area contributed by atoms with Gasteiger partial charge in [0.05, 0.1) is 41.3 Å². The standard InChI is InChI=1S/C45H32N2/c1-45(2)39-17-9-6-14-33(39)34-23-22-32(28-40(34)45)47-42-19-11-8-16-36(42)38-27-30(21-25-44(38)47)29-20-24-43-37(26-29)35-15-7-10-18-41(35)46(43)31-12-4-3-5-13-31/h3-28H,1-2H3/i6D,8D,9D,11D,14D,16D,17D,19D,21D,22D,23D,25D,27D,28D. The Morgan fingerprint density at radius 2 is 1.19 bits per heavy atom. The molecule has 47 heavy (non-hydrogen) atoms. The Kier molecular flexibility index (Phi) is 3.28. The molecule has 0 amide bonds. The van der Waals surface area contributed by atoms with Crippen LogP contribution in [0.1, 0.15) is 44.2 Å². The minimum atomic E-state index is -1.31. The molecule has 0 saturated carbocycles. The molecule has 2 nitrogen and oxygen atoms in total. The van der Waals surface area contributed by atoms with Crippen molar-refractivity contribution in [3.05, 3.63) is 169 Å². The molecule has 0 bridgehead atoms. The zero-order chi connectivity index (χ0) is 43.5. The Morgan fingerprint density at radius 1 is 0.468 bits per heavy atom. The third-order valence-corrected chi connectivity index (χ3v) is 9.34. The summed E-state index contributed by atoms with van der Waals surface area (Å²) in [6.07, 6.45) is 0. The molecule has 1 aliphatic rings. The lowest BCUT2D eigenvalue weighted by Crippen LogP contribution is -2.15. The molecule has 0 spiro atoms. The quantitative estimate of drug-likeness (QED) is 0.187. The summed E-state index contributed by atoms with van der Waals surface area (Å²) >= 11 is 0. The largest absolute Gasteiger partial charge is 0.309 e. The maximum atomic E-state index is 9.80. The molecule has 2 aromatic heterocycles. The second-order valence-corrected chi connectivity index (χ2v) is 12.3. The first-order chi connectivity index (χ1) is 28.9. The summed E-state index contributed by atoms with van der Waals surface area (Å²) in [4.78, 5) is 0. The van der Waals surface area contributed by atoms with Crippen LogP contribution in [-0.2, 0) is 5.41 Å². The normalized spacial score (nSPS) is 17.7. The van der Waals surface area contributed by atoms with Crippen LogP contribution in [0.25, 0.3) is 77.2 Å². The number of para-hydroxylation sites is 3. The van der Waals surface area contributed by atoms with Gasteiger partial charge in [0.2, 0.25) is 0 Å². The maximum absolute atomic E-state index is 9.80. The number of rotatable bonds is 3. The van der Waals surface area contributed by atoms with E-state index in [2.05, 4.69) is 4.57 Å². The van der Waals surface area contributed by atoms with Gasteiger partial charge >= 0.3 is 0 Å². The first kappa shape index (κ1) is 16.1. The van der Waals surface area contributed by atoms with Crippen LogP contribution < -0.4 is 0 Å². The van der Waals surface area contributed by atoms with Gasteiger partial charge < -0.3 is 9.13 Å². The Labute approximate surface area is 293 Å². The van der Waals surface area contributed by atoms with Crippen LogP contribution in [0.4, 0.5) is 0 Å². The monoisotopic (exact) mass is 614 g/mol. The van der Waals surface area contributed by atoms with Gasteiger partial charge in [-0.05, 0) is 93.9 Å². The molecular weight excluding hydrogens is 569 g/mol. The number of fused-ring (bicyclic) bond motifs is 9. The van der Waals surface area contributed by atoms with E-state index in [9.17, 15) is 9.60 Å². The summed E-state index contributed by atoms with van der Waals surface area (Å²) in [6, 6.07) is 16.3. The fraction of sp³-hybridized carbons (Fsp3) is 0.0667. The van der Waals surface area contributed by atoms with Gasteiger partial charge in [0.15, 0.2) is 0 Å². The van der Waals surface area contributed by atoms with Gasteiger partial charge in [-0.25, -0.2) is 0 Å². The molecule has 0 N–H and O–H groups in total. The summed E-state index contributed by atoms with van der Waals surface area (Å²) in [5, 5.41) is 1.47. The summed E-state index contributed by atoms with van der Waals surface area (Å²) in [5.41, 5.74) is 1.28. The fourth-order valence-corrected chi connectivity index (χ4v) is 7.12. The highest BCUT2D eigenvalue weighted by atomic mass is 15.0. The fourth-order valence-electron chi connectivity index (χ4n) is 7.12. The van der Waals surface area contributed by atoms with Crippen LogP contribution in [0.3, 0.4) is 0 Å². The zero-order valence-electron chi connectivity index (χ0n) is 39.3. The van der Waals surface area contributed by atoms with Crippen molar-refractivity contribution in [1.82, 2.24) is 9.13 Å². The van der Waals surface area contributed by atoms with Gasteiger partial charge in [-0.2, -0.15) is 0 Å². The second-order valence-electron chi connectivity index (χ2n) is 12.3. The predicted molar refractivity (Wildman–Crippen MR) is 198 cm³/mol. The van der Waals surface area contributed by atoms with Crippen LogP contribution in [-0.4, -0.2) is 9.13 Å². The topological polar surface area (TPSA) is 9.86 Å². The van der Waals surface area contributed by atoms with E-state index in [-0.39, 0.29) is 67.4 Å². The lowest BCUT2D eigenvalue weighted by atomic mass is 9.82. The van der Waals surface area contributed by atoms with Crippen LogP contribution in [0.15, 0.2) is 157 Å². The minimum Gasteiger partial charge on any atom is -0.309 e. The van der Waals surface area contributed by atoms with Gasteiger partial charge in [0.25, 0.3) is 0 Å². The van der Waals surface area contributed by atoms with Crippen molar-refractivity contribution in [3.8, 4) is 33.6 Å². The summed E-state index contributed by atoms with van der Waals surface area (Å²) in [7, 11) is 0. The van der Waals surface area contributed by atoms with Gasteiger partial charge in [-0.15, -0.1) is 0 Å². The van der Waals surface area contributed by atoms with Crippen molar-refractivity contribution in [2.45, 2.75) is 19.3 Å².